The molecule has 0 saturated carbocycles. The predicted octanol–water partition coefficient (Wildman–Crippen LogP) is -1.78. The molecule has 24 heavy (non-hydrogen) atoms. The molecule has 1 aliphatic rings. The molecule has 1 saturated heterocycles. The summed E-state index contributed by atoms with van der Waals surface area (Å²) in [6, 6.07) is 0.628. The van der Waals surface area contributed by atoms with Gasteiger partial charge in [-0.1, -0.05) is 0 Å². The Morgan fingerprint density at radius 2 is 1.92 bits per heavy atom. The van der Waals surface area contributed by atoms with Crippen molar-refractivity contribution in [3.05, 3.63) is 65.7 Å². The lowest BCUT2D eigenvalue weighted by molar-refractivity contribution is -0.0318. The van der Waals surface area contributed by atoms with Gasteiger partial charge < -0.3 is 9.84 Å². The number of hydrogen-bond acceptors (Lipinski definition) is 6. The zero-order valence-electron chi connectivity index (χ0n) is 12.8. The van der Waals surface area contributed by atoms with Crippen LogP contribution in [0.3, 0.4) is 0 Å². The second-order valence-electron chi connectivity index (χ2n) is 5.61. The van der Waals surface area contributed by atoms with Crippen LogP contribution >= 0.6 is 0 Å². The largest absolute Gasteiger partial charge is 0.394 e. The van der Waals surface area contributed by atoms with Crippen molar-refractivity contribution in [2.24, 2.45) is 0 Å². The molecule has 0 spiro atoms. The molecular formula is C14H16N4O6. The Labute approximate surface area is 134 Å². The Kier molecular flexibility index (Phi) is 4.08. The van der Waals surface area contributed by atoms with Gasteiger partial charge in [0.2, 0.25) is 0 Å². The highest BCUT2D eigenvalue weighted by molar-refractivity contribution is 5.02. The summed E-state index contributed by atoms with van der Waals surface area (Å²) in [5.74, 6) is 0. The van der Waals surface area contributed by atoms with Gasteiger partial charge in [0.1, 0.15) is 12.3 Å². The summed E-state index contributed by atoms with van der Waals surface area (Å²) in [6.45, 7) is 1.18. The number of rotatable bonds is 3. The number of aliphatic hydroxyl groups is 1. The van der Waals surface area contributed by atoms with Crippen LogP contribution in [0.2, 0.25) is 0 Å². The number of aliphatic hydroxyl groups excluding tert-OH is 1. The summed E-state index contributed by atoms with van der Waals surface area (Å²) < 4.78 is 8.14. The molecule has 10 heteroatoms. The van der Waals surface area contributed by atoms with E-state index in [2.05, 4.69) is 9.97 Å². The summed E-state index contributed by atoms with van der Waals surface area (Å²) in [4.78, 5) is 50.9. The molecule has 1 aliphatic heterocycles. The van der Waals surface area contributed by atoms with Crippen LogP contribution in [0.5, 0.6) is 0 Å². The van der Waals surface area contributed by atoms with E-state index in [1.807, 2.05) is 0 Å². The molecule has 0 bridgehead atoms. The van der Waals surface area contributed by atoms with Crippen molar-refractivity contribution in [3.63, 3.8) is 0 Å². The number of nitrogens with one attached hydrogen (secondary N) is 2. The van der Waals surface area contributed by atoms with E-state index in [9.17, 15) is 24.3 Å². The van der Waals surface area contributed by atoms with Crippen molar-refractivity contribution in [1.82, 2.24) is 19.1 Å². The standard InChI is InChI=1S/C14H16N4O6/c1-7-5-18(14(23)16-12(7)21)11-4-8(9(6-19)24-11)17-3-2-10(20)15-13(17)22/h2-3,5,8-9,11,19H,4,6H2,1H3,(H,15,20,22)(H,16,21,23)/t8-,9-,11-/m1/s1. The Bertz CT molecular complexity index is 984. The summed E-state index contributed by atoms with van der Waals surface area (Å²) >= 11 is 0. The third kappa shape index (κ3) is 2.76. The van der Waals surface area contributed by atoms with E-state index in [0.29, 0.717) is 5.56 Å². The van der Waals surface area contributed by atoms with Crippen LogP contribution in [-0.2, 0) is 4.74 Å². The quantitative estimate of drug-likeness (QED) is 0.605. The molecule has 128 valence electrons. The Morgan fingerprint density at radius 3 is 2.58 bits per heavy atom. The molecule has 0 aromatic carbocycles. The van der Waals surface area contributed by atoms with E-state index in [1.54, 1.807) is 6.92 Å². The fourth-order valence-corrected chi connectivity index (χ4v) is 2.83. The normalized spacial score (nSPS) is 23.5. The van der Waals surface area contributed by atoms with E-state index >= 15 is 0 Å². The zero-order valence-corrected chi connectivity index (χ0v) is 12.8. The highest BCUT2D eigenvalue weighted by Gasteiger charge is 2.38. The lowest BCUT2D eigenvalue weighted by Gasteiger charge is -2.17. The van der Waals surface area contributed by atoms with Crippen LogP contribution in [-0.4, -0.2) is 36.9 Å². The number of ether oxygens (including phenoxy) is 1. The first-order chi connectivity index (χ1) is 11.4. The monoisotopic (exact) mass is 336 g/mol. The molecule has 3 heterocycles. The molecule has 10 nitrogen and oxygen atoms in total. The van der Waals surface area contributed by atoms with Crippen molar-refractivity contribution >= 4 is 0 Å². The molecule has 3 rings (SSSR count). The predicted molar refractivity (Wildman–Crippen MR) is 82.0 cm³/mol. The third-order valence-electron chi connectivity index (χ3n) is 4.05. The van der Waals surface area contributed by atoms with Gasteiger partial charge in [-0.2, -0.15) is 0 Å². The zero-order chi connectivity index (χ0) is 17.4. The average Bonchev–Trinajstić information content (AvgIpc) is 2.94. The maximum absolute atomic E-state index is 12.0. The second kappa shape index (κ2) is 6.06. The lowest BCUT2D eigenvalue weighted by Crippen LogP contribution is -2.35. The van der Waals surface area contributed by atoms with Gasteiger partial charge in [0.05, 0.1) is 12.6 Å². The number of aromatic nitrogens is 4. The van der Waals surface area contributed by atoms with E-state index in [-0.39, 0.29) is 13.0 Å². The van der Waals surface area contributed by atoms with Gasteiger partial charge >= 0.3 is 11.4 Å². The molecule has 3 atom stereocenters. The lowest BCUT2D eigenvalue weighted by atomic mass is 10.1. The van der Waals surface area contributed by atoms with Crippen molar-refractivity contribution in [3.8, 4) is 0 Å². The average molecular weight is 336 g/mol. The number of aryl methyl sites for hydroxylation is 1. The third-order valence-corrected chi connectivity index (χ3v) is 4.05. The van der Waals surface area contributed by atoms with Gasteiger partial charge in [0.25, 0.3) is 11.1 Å². The van der Waals surface area contributed by atoms with Crippen molar-refractivity contribution < 1.29 is 9.84 Å². The first-order valence-corrected chi connectivity index (χ1v) is 7.30. The van der Waals surface area contributed by atoms with Crippen LogP contribution in [0.15, 0.2) is 37.6 Å². The van der Waals surface area contributed by atoms with E-state index in [0.717, 1.165) is 0 Å². The number of hydrogen-bond donors (Lipinski definition) is 3. The molecular weight excluding hydrogens is 320 g/mol. The summed E-state index contributed by atoms with van der Waals surface area (Å²) in [6.07, 6.45) is 1.41. The van der Waals surface area contributed by atoms with Gasteiger partial charge in [-0.25, -0.2) is 9.59 Å². The number of nitrogens with zero attached hydrogens (tertiary/aromatic N) is 2. The van der Waals surface area contributed by atoms with Gasteiger partial charge in [0.15, 0.2) is 0 Å². The molecule has 0 radical (unpaired) electrons. The minimum absolute atomic E-state index is 0.211. The minimum atomic E-state index is -0.756. The van der Waals surface area contributed by atoms with Crippen LogP contribution in [0, 0.1) is 6.92 Å². The van der Waals surface area contributed by atoms with Crippen molar-refractivity contribution in [1.29, 1.82) is 0 Å². The molecule has 2 aromatic rings. The maximum Gasteiger partial charge on any atom is 0.330 e. The Hall–Kier alpha value is -2.72. The smallest absolute Gasteiger partial charge is 0.330 e. The highest BCUT2D eigenvalue weighted by atomic mass is 16.5. The van der Waals surface area contributed by atoms with Crippen molar-refractivity contribution in [2.75, 3.05) is 6.61 Å². The van der Waals surface area contributed by atoms with Crippen LogP contribution in [0.1, 0.15) is 24.3 Å². The molecule has 0 unspecified atom stereocenters. The first kappa shape index (κ1) is 16.1. The minimum Gasteiger partial charge on any atom is -0.394 e. The maximum atomic E-state index is 12.0. The number of aromatic amines is 2. The first-order valence-electron chi connectivity index (χ1n) is 7.30. The van der Waals surface area contributed by atoms with Gasteiger partial charge in [-0.15, -0.1) is 0 Å². The van der Waals surface area contributed by atoms with E-state index in [1.165, 1.54) is 27.6 Å². The summed E-state index contributed by atoms with van der Waals surface area (Å²) in [5.41, 5.74) is -1.94. The van der Waals surface area contributed by atoms with Crippen molar-refractivity contribution in [2.45, 2.75) is 31.7 Å². The highest BCUT2D eigenvalue weighted by Crippen LogP contribution is 2.34. The topological polar surface area (TPSA) is 139 Å². The Morgan fingerprint density at radius 1 is 1.21 bits per heavy atom. The summed E-state index contributed by atoms with van der Waals surface area (Å²) in [7, 11) is 0. The molecule has 2 aromatic heterocycles. The molecule has 1 fully saturated rings. The van der Waals surface area contributed by atoms with Crippen LogP contribution in [0.4, 0.5) is 0 Å². The fraction of sp³-hybridized carbons (Fsp3) is 0.429. The molecule has 0 amide bonds. The molecule has 3 N–H and O–H groups in total. The Balaban J connectivity index is 2.00. The van der Waals surface area contributed by atoms with Gasteiger partial charge in [0, 0.05) is 30.4 Å². The van der Waals surface area contributed by atoms with E-state index < -0.39 is 40.9 Å². The fourth-order valence-electron chi connectivity index (χ4n) is 2.83. The number of H-pyrrole nitrogens is 2. The second-order valence-corrected chi connectivity index (χ2v) is 5.61. The SMILES string of the molecule is Cc1cn([C@H]2C[C@@H](n3ccc(=O)[nH]c3=O)[C@@H](CO)O2)c(=O)[nH]c1=O. The summed E-state index contributed by atoms with van der Waals surface area (Å²) in [5, 5.41) is 9.52. The molecule has 0 aliphatic carbocycles. The van der Waals surface area contributed by atoms with E-state index in [4.69, 9.17) is 4.74 Å². The van der Waals surface area contributed by atoms with Gasteiger partial charge in [-0.05, 0) is 6.92 Å². The van der Waals surface area contributed by atoms with Crippen LogP contribution in [0.25, 0.3) is 0 Å². The van der Waals surface area contributed by atoms with Crippen LogP contribution < -0.4 is 22.5 Å². The van der Waals surface area contributed by atoms with Gasteiger partial charge in [-0.3, -0.25) is 28.7 Å².